The highest BCUT2D eigenvalue weighted by Gasteiger charge is 2.10. The third-order valence-corrected chi connectivity index (χ3v) is 3.32. The average molecular weight is 292 g/mol. The molecule has 2 heterocycles. The highest BCUT2D eigenvalue weighted by atomic mass is 35.5. The first-order chi connectivity index (χ1) is 10.3. The van der Waals surface area contributed by atoms with Crippen LogP contribution in [0.4, 0.5) is 0 Å². The van der Waals surface area contributed by atoms with Gasteiger partial charge in [0.25, 0.3) is 0 Å². The number of hydrogen-bond donors (Lipinski definition) is 0. The Morgan fingerprint density at radius 3 is 2.48 bits per heavy atom. The van der Waals surface area contributed by atoms with Crippen LogP contribution in [0.5, 0.6) is 0 Å². The zero-order chi connectivity index (χ0) is 14.7. The van der Waals surface area contributed by atoms with Gasteiger partial charge in [0, 0.05) is 29.7 Å². The second kappa shape index (κ2) is 5.74. The molecule has 0 saturated carbocycles. The van der Waals surface area contributed by atoms with Crippen molar-refractivity contribution in [2.45, 2.75) is 0 Å². The minimum Gasteiger partial charge on any atom is -0.264 e. The lowest BCUT2D eigenvalue weighted by Crippen LogP contribution is -1.90. The number of nitriles is 1. The Morgan fingerprint density at radius 2 is 1.81 bits per heavy atom. The molecule has 0 spiro atoms. The number of benzene rings is 1. The van der Waals surface area contributed by atoms with E-state index in [1.165, 1.54) is 0 Å². The van der Waals surface area contributed by atoms with Gasteiger partial charge in [-0.05, 0) is 35.9 Å². The number of pyridine rings is 2. The summed E-state index contributed by atoms with van der Waals surface area (Å²) in [6.45, 7) is 0. The molecular weight excluding hydrogens is 282 g/mol. The third kappa shape index (κ3) is 2.76. The van der Waals surface area contributed by atoms with Crippen LogP contribution in [0.15, 0.2) is 61.1 Å². The van der Waals surface area contributed by atoms with Crippen LogP contribution in [0, 0.1) is 11.3 Å². The molecule has 21 heavy (non-hydrogen) atoms. The summed E-state index contributed by atoms with van der Waals surface area (Å²) in [6.07, 6.45) is 5.11. The molecule has 1 aromatic carbocycles. The van der Waals surface area contributed by atoms with E-state index in [1.54, 1.807) is 30.7 Å². The van der Waals surface area contributed by atoms with E-state index in [-0.39, 0.29) is 0 Å². The summed E-state index contributed by atoms with van der Waals surface area (Å²) in [5.74, 6) is 0. The highest BCUT2D eigenvalue weighted by molar-refractivity contribution is 6.30. The van der Waals surface area contributed by atoms with Gasteiger partial charge in [0.15, 0.2) is 0 Å². The molecular formula is C17H10ClN3. The molecule has 0 radical (unpaired) electrons. The highest BCUT2D eigenvalue weighted by Crippen LogP contribution is 2.32. The second-order valence-corrected chi connectivity index (χ2v) is 4.92. The lowest BCUT2D eigenvalue weighted by atomic mass is 9.99. The van der Waals surface area contributed by atoms with Gasteiger partial charge >= 0.3 is 0 Å². The van der Waals surface area contributed by atoms with Crippen molar-refractivity contribution in [2.75, 3.05) is 0 Å². The molecule has 0 atom stereocenters. The van der Waals surface area contributed by atoms with E-state index in [0.717, 1.165) is 22.4 Å². The topological polar surface area (TPSA) is 49.6 Å². The Bertz CT molecular complexity index is 806. The zero-order valence-electron chi connectivity index (χ0n) is 11.0. The first kappa shape index (κ1) is 13.3. The number of hydrogen-bond acceptors (Lipinski definition) is 3. The minimum atomic E-state index is 0.571. The molecule has 2 aromatic heterocycles. The van der Waals surface area contributed by atoms with Crippen LogP contribution in [0.3, 0.4) is 0 Å². The van der Waals surface area contributed by atoms with Gasteiger partial charge in [-0.2, -0.15) is 5.26 Å². The lowest BCUT2D eigenvalue weighted by molar-refractivity contribution is 1.28. The first-order valence-corrected chi connectivity index (χ1v) is 6.72. The molecule has 0 amide bonds. The fourth-order valence-corrected chi connectivity index (χ4v) is 2.27. The van der Waals surface area contributed by atoms with Gasteiger partial charge in [0.05, 0.1) is 22.3 Å². The van der Waals surface area contributed by atoms with E-state index >= 15 is 0 Å². The van der Waals surface area contributed by atoms with E-state index in [1.807, 2.05) is 30.3 Å². The van der Waals surface area contributed by atoms with E-state index in [4.69, 9.17) is 16.9 Å². The molecule has 0 unspecified atom stereocenters. The van der Waals surface area contributed by atoms with Gasteiger partial charge in [-0.25, -0.2) is 0 Å². The Morgan fingerprint density at radius 1 is 1.00 bits per heavy atom. The molecule has 3 rings (SSSR count). The van der Waals surface area contributed by atoms with Crippen molar-refractivity contribution < 1.29 is 0 Å². The smallest absolute Gasteiger partial charge is 0.0991 e. The quantitative estimate of drug-likeness (QED) is 0.706. The molecule has 0 N–H and O–H groups in total. The molecule has 0 aliphatic heterocycles. The van der Waals surface area contributed by atoms with Crippen molar-refractivity contribution in [1.82, 2.24) is 9.97 Å². The standard InChI is InChI=1S/C17H10ClN3/c18-15-8-16(13-5-3-12(9-19)4-6-13)17(21-11-15)14-2-1-7-20-10-14/h1-8,10-11H. The molecule has 100 valence electrons. The lowest BCUT2D eigenvalue weighted by Gasteiger charge is -2.09. The van der Waals surface area contributed by atoms with Crippen LogP contribution in [0.2, 0.25) is 5.02 Å². The van der Waals surface area contributed by atoms with Gasteiger partial charge in [-0.3, -0.25) is 9.97 Å². The summed E-state index contributed by atoms with van der Waals surface area (Å²) in [5.41, 5.74) is 4.24. The van der Waals surface area contributed by atoms with Crippen LogP contribution in [0.1, 0.15) is 5.56 Å². The van der Waals surface area contributed by atoms with Gasteiger partial charge < -0.3 is 0 Å². The monoisotopic (exact) mass is 291 g/mol. The van der Waals surface area contributed by atoms with Crippen LogP contribution < -0.4 is 0 Å². The molecule has 0 bridgehead atoms. The molecule has 3 nitrogen and oxygen atoms in total. The SMILES string of the molecule is N#Cc1ccc(-c2cc(Cl)cnc2-c2cccnc2)cc1. The van der Waals surface area contributed by atoms with Crippen molar-refractivity contribution in [3.8, 4) is 28.5 Å². The maximum atomic E-state index is 8.88. The van der Waals surface area contributed by atoms with E-state index in [0.29, 0.717) is 10.6 Å². The van der Waals surface area contributed by atoms with Crippen molar-refractivity contribution in [3.05, 3.63) is 71.6 Å². The van der Waals surface area contributed by atoms with E-state index < -0.39 is 0 Å². The van der Waals surface area contributed by atoms with Gasteiger partial charge in [-0.15, -0.1) is 0 Å². The van der Waals surface area contributed by atoms with Crippen LogP contribution in [-0.4, -0.2) is 9.97 Å². The first-order valence-electron chi connectivity index (χ1n) is 6.34. The maximum absolute atomic E-state index is 8.88. The summed E-state index contributed by atoms with van der Waals surface area (Å²) in [6, 6.07) is 15.2. The Hall–Kier alpha value is -2.70. The average Bonchev–Trinajstić information content (AvgIpc) is 2.56. The normalized spacial score (nSPS) is 10.1. The maximum Gasteiger partial charge on any atom is 0.0991 e. The van der Waals surface area contributed by atoms with Crippen LogP contribution in [0.25, 0.3) is 22.4 Å². The van der Waals surface area contributed by atoms with Crippen LogP contribution >= 0.6 is 11.6 Å². The largest absolute Gasteiger partial charge is 0.264 e. The van der Waals surface area contributed by atoms with Crippen molar-refractivity contribution in [3.63, 3.8) is 0 Å². The molecule has 0 saturated heterocycles. The fraction of sp³-hybridized carbons (Fsp3) is 0. The molecule has 0 fully saturated rings. The number of rotatable bonds is 2. The Kier molecular flexibility index (Phi) is 3.63. The number of halogens is 1. The van der Waals surface area contributed by atoms with Crippen molar-refractivity contribution in [1.29, 1.82) is 5.26 Å². The van der Waals surface area contributed by atoms with Crippen molar-refractivity contribution >= 4 is 11.6 Å². The van der Waals surface area contributed by atoms with Gasteiger partial charge in [-0.1, -0.05) is 23.7 Å². The van der Waals surface area contributed by atoms with Crippen LogP contribution in [-0.2, 0) is 0 Å². The zero-order valence-corrected chi connectivity index (χ0v) is 11.7. The molecule has 3 aromatic rings. The summed E-state index contributed by atoms with van der Waals surface area (Å²) < 4.78 is 0. The van der Waals surface area contributed by atoms with Gasteiger partial charge in [0.1, 0.15) is 0 Å². The number of aromatic nitrogens is 2. The summed E-state index contributed by atoms with van der Waals surface area (Å²) in [5, 5.41) is 9.46. The van der Waals surface area contributed by atoms with Crippen molar-refractivity contribution in [2.24, 2.45) is 0 Å². The molecule has 0 aliphatic rings. The predicted octanol–water partition coefficient (Wildman–Crippen LogP) is 4.34. The fourth-order valence-electron chi connectivity index (χ4n) is 2.12. The summed E-state index contributed by atoms with van der Waals surface area (Å²) in [7, 11) is 0. The predicted molar refractivity (Wildman–Crippen MR) is 82.6 cm³/mol. The number of nitrogens with zero attached hydrogens (tertiary/aromatic N) is 3. The molecule has 0 aliphatic carbocycles. The molecule has 4 heteroatoms. The summed E-state index contributed by atoms with van der Waals surface area (Å²) >= 11 is 6.08. The Labute approximate surface area is 127 Å². The Balaban J connectivity index is 2.17. The summed E-state index contributed by atoms with van der Waals surface area (Å²) in [4.78, 5) is 8.56. The second-order valence-electron chi connectivity index (χ2n) is 4.48. The minimum absolute atomic E-state index is 0.571. The van der Waals surface area contributed by atoms with E-state index in [9.17, 15) is 0 Å². The van der Waals surface area contributed by atoms with Gasteiger partial charge in [0.2, 0.25) is 0 Å². The van der Waals surface area contributed by atoms with E-state index in [2.05, 4.69) is 16.0 Å². The third-order valence-electron chi connectivity index (χ3n) is 3.11.